The topological polar surface area (TPSA) is 0 Å². The third-order valence-corrected chi connectivity index (χ3v) is 4.93. The van der Waals surface area contributed by atoms with Gasteiger partial charge in [0.05, 0.1) is 7.52 Å². The van der Waals surface area contributed by atoms with Crippen LogP contribution in [0.3, 0.4) is 0 Å². The van der Waals surface area contributed by atoms with Crippen LogP contribution in [0.5, 0.6) is 0 Å². The van der Waals surface area contributed by atoms with E-state index in [-0.39, 0.29) is 3.76 Å². The lowest BCUT2D eigenvalue weighted by molar-refractivity contribution is 0.839. The lowest BCUT2D eigenvalue weighted by Crippen LogP contribution is -1.80. The highest BCUT2D eigenvalue weighted by Crippen LogP contribution is 2.33. The van der Waals surface area contributed by atoms with E-state index in [2.05, 4.69) is 15.9 Å². The molecule has 0 N–H and O–H groups in total. The van der Waals surface area contributed by atoms with Crippen LogP contribution in [-0.4, -0.2) is 3.76 Å². The Morgan fingerprint density at radius 2 is 2.22 bits per heavy atom. The highest BCUT2D eigenvalue weighted by Gasteiger charge is 2.02. The molecule has 0 spiro atoms. The van der Waals surface area contributed by atoms with E-state index in [0.717, 1.165) is 2.49 Å². The van der Waals surface area contributed by atoms with Crippen molar-refractivity contribution in [3.8, 4) is 0 Å². The van der Waals surface area contributed by atoms with Crippen LogP contribution in [0.4, 0.5) is 4.39 Å². The van der Waals surface area contributed by atoms with Gasteiger partial charge in [-0.15, -0.1) is 0 Å². The molecule has 0 saturated heterocycles. The van der Waals surface area contributed by atoms with Crippen molar-refractivity contribution in [2.45, 2.75) is 0 Å². The van der Waals surface area contributed by atoms with E-state index in [1.165, 1.54) is 6.08 Å². The van der Waals surface area contributed by atoms with Crippen molar-refractivity contribution in [2.24, 2.45) is 0 Å². The highest BCUT2D eigenvalue weighted by atomic mass is 127. The Kier molecular flexibility index (Phi) is 2.85. The van der Waals surface area contributed by atoms with Gasteiger partial charge in [0.25, 0.3) is 0 Å². The zero-order valence-electron chi connectivity index (χ0n) is 4.17. The molecule has 0 atom stereocenters. The minimum atomic E-state index is -0.624. The fourth-order valence-corrected chi connectivity index (χ4v) is 3.00. The van der Waals surface area contributed by atoms with Crippen LogP contribution in [-0.2, 0) is 0 Å². The molecule has 0 aliphatic carbocycles. The molecule has 0 saturated carbocycles. The molecule has 1 aliphatic heterocycles. The van der Waals surface area contributed by atoms with Crippen LogP contribution in [0.1, 0.15) is 0 Å². The second kappa shape index (κ2) is 3.25. The van der Waals surface area contributed by atoms with Gasteiger partial charge in [-0.2, -0.15) is 0 Å². The molecule has 50 valence electrons. The molecule has 0 aromatic heterocycles. The van der Waals surface area contributed by atoms with E-state index in [0.29, 0.717) is 5.03 Å². The van der Waals surface area contributed by atoms with Crippen molar-refractivity contribution in [1.29, 1.82) is 0 Å². The third kappa shape index (κ3) is 2.13. The Hall–Kier alpha value is 0.780. The number of hydrogen-bond donors (Lipinski definition) is 0. The van der Waals surface area contributed by atoms with Crippen molar-refractivity contribution in [2.75, 3.05) is 0 Å². The quantitative estimate of drug-likeness (QED) is 0.599. The molecule has 1 rings (SSSR count). The summed E-state index contributed by atoms with van der Waals surface area (Å²) >= 11 is 8.18. The van der Waals surface area contributed by atoms with E-state index >= 15 is 0 Å². The van der Waals surface area contributed by atoms with E-state index in [1.807, 2.05) is 0 Å². The van der Waals surface area contributed by atoms with Crippen molar-refractivity contribution in [3.05, 3.63) is 19.7 Å². The van der Waals surface area contributed by atoms with Crippen LogP contribution in [0.2, 0.25) is 0 Å². The molecular formula is C5H2BrClFI. The molecule has 0 bridgehead atoms. The third-order valence-electron chi connectivity index (χ3n) is 0.709. The van der Waals surface area contributed by atoms with Gasteiger partial charge in [0.15, 0.2) is 3.76 Å². The molecule has 0 nitrogen and oxygen atoms in total. The Labute approximate surface area is 75.6 Å². The van der Waals surface area contributed by atoms with Crippen LogP contribution in [0.15, 0.2) is 19.7 Å². The molecule has 9 heavy (non-hydrogen) atoms. The van der Waals surface area contributed by atoms with Gasteiger partial charge >= 0.3 is 0 Å². The normalized spacial score (nSPS) is 19.2. The lowest BCUT2D eigenvalue weighted by atomic mass is 10.5. The largest absolute Gasteiger partial charge is 0.200 e. The van der Waals surface area contributed by atoms with E-state index in [1.54, 1.807) is 6.08 Å². The highest BCUT2D eigenvalue weighted by molar-refractivity contribution is 14.2. The van der Waals surface area contributed by atoms with E-state index in [9.17, 15) is 4.39 Å². The summed E-state index contributed by atoms with van der Waals surface area (Å²) in [6, 6.07) is 0. The number of allylic oxidation sites excluding steroid dienone is 3. The van der Waals surface area contributed by atoms with Gasteiger partial charge in [0.1, 0.15) is 0 Å². The molecule has 0 amide bonds. The Bertz CT molecular complexity index is 219. The number of halogens is 4. The first-order valence-corrected chi connectivity index (χ1v) is 5.43. The van der Waals surface area contributed by atoms with Crippen molar-refractivity contribution >= 4 is 52.0 Å². The van der Waals surface area contributed by atoms with Gasteiger partial charge in [-0.3, -0.25) is 0 Å². The second-order valence-electron chi connectivity index (χ2n) is 1.33. The summed E-state index contributed by atoms with van der Waals surface area (Å²) in [5, 5.41) is 0.629. The number of rotatable bonds is 0. The fraction of sp³-hybridized carbons (Fsp3) is 0. The summed E-state index contributed by atoms with van der Waals surface area (Å²) in [5.41, 5.74) is 0. The standard InChI is InChI=1S/C5H2BrClFI/c6-5-3(7)1-2-4(8)9-5/h1-2H. The zero-order valence-corrected chi connectivity index (χ0v) is 8.67. The van der Waals surface area contributed by atoms with Gasteiger partial charge in [-0.25, -0.2) is 4.39 Å². The first-order valence-electron chi connectivity index (χ1n) is 2.11. The maximum absolute atomic E-state index is 12.4. The molecule has 0 unspecified atom stereocenters. The van der Waals surface area contributed by atoms with Crippen LogP contribution >= 0.6 is 48.3 Å². The summed E-state index contributed by atoms with van der Waals surface area (Å²) in [7, 11) is 0. The maximum atomic E-state index is 12.4. The van der Waals surface area contributed by atoms with Gasteiger partial charge < -0.3 is 0 Å². The Morgan fingerprint density at radius 1 is 1.56 bits per heavy atom. The summed E-state index contributed by atoms with van der Waals surface area (Å²) in [4.78, 5) is 0. The molecule has 0 aromatic rings. The predicted octanol–water partition coefficient (Wildman–Crippen LogP) is 3.43. The van der Waals surface area contributed by atoms with Crippen molar-refractivity contribution in [3.63, 3.8) is 0 Å². The van der Waals surface area contributed by atoms with Crippen LogP contribution in [0, 0.1) is 0 Å². The molecule has 1 heterocycles. The van der Waals surface area contributed by atoms with E-state index < -0.39 is 20.7 Å². The summed E-state index contributed by atoms with van der Waals surface area (Å²) in [6.45, 7) is 0. The summed E-state index contributed by atoms with van der Waals surface area (Å²) in [5.74, 6) is 0. The summed E-state index contributed by atoms with van der Waals surface area (Å²) in [6.07, 6.45) is 2.98. The Morgan fingerprint density at radius 3 is 2.67 bits per heavy atom. The van der Waals surface area contributed by atoms with Gasteiger partial charge in [0, 0.05) is 0 Å². The number of hydrogen-bond acceptors (Lipinski definition) is 0. The zero-order chi connectivity index (χ0) is 6.85. The smallest absolute Gasteiger partial charge is 0.156 e. The molecule has 1 aliphatic rings. The molecule has 0 aromatic carbocycles. The van der Waals surface area contributed by atoms with E-state index in [4.69, 9.17) is 11.6 Å². The average Bonchev–Trinajstić information content (AvgIpc) is 1.80. The molecule has 0 radical (unpaired) electrons. The van der Waals surface area contributed by atoms with Crippen molar-refractivity contribution in [1.82, 2.24) is 0 Å². The first kappa shape index (κ1) is 7.88. The Balaban J connectivity index is 3.01. The SMILES string of the molecule is FC1=IC(Br)=C(Cl)C=C1. The molecular weight excluding hydrogens is 321 g/mol. The van der Waals surface area contributed by atoms with Crippen LogP contribution < -0.4 is 0 Å². The van der Waals surface area contributed by atoms with Gasteiger partial charge in [-0.1, -0.05) is 11.6 Å². The first-order chi connectivity index (χ1) is 4.20. The minimum Gasteiger partial charge on any atom is -0.200 e. The molecule has 4 heteroatoms. The average molecular weight is 323 g/mol. The molecule has 0 fully saturated rings. The maximum Gasteiger partial charge on any atom is 0.156 e. The predicted molar refractivity (Wildman–Crippen MR) is 51.1 cm³/mol. The van der Waals surface area contributed by atoms with Crippen molar-refractivity contribution < 1.29 is 4.39 Å². The van der Waals surface area contributed by atoms with Crippen LogP contribution in [0.25, 0.3) is 0 Å². The lowest BCUT2D eigenvalue weighted by Gasteiger charge is -1.96. The monoisotopic (exact) mass is 322 g/mol. The fourth-order valence-electron chi connectivity index (χ4n) is 0.355. The van der Waals surface area contributed by atoms with Gasteiger partial charge in [-0.05, 0) is 48.8 Å². The minimum absolute atomic E-state index is 0.0509. The summed E-state index contributed by atoms with van der Waals surface area (Å²) < 4.78 is 13.1. The van der Waals surface area contributed by atoms with Gasteiger partial charge in [0.2, 0.25) is 0 Å². The second-order valence-corrected chi connectivity index (χ2v) is 6.66.